The molecule has 1 aromatic rings. The van der Waals surface area contributed by atoms with Gasteiger partial charge >= 0.3 is 6.18 Å². The fourth-order valence-electron chi connectivity index (χ4n) is 1.74. The average Bonchev–Trinajstić information content (AvgIpc) is 2.37. The van der Waals surface area contributed by atoms with Crippen molar-refractivity contribution in [1.82, 2.24) is 14.9 Å². The van der Waals surface area contributed by atoms with E-state index in [-0.39, 0.29) is 11.6 Å². The molecule has 0 amide bonds. The maximum Gasteiger partial charge on any atom is 0.451 e. The van der Waals surface area contributed by atoms with Gasteiger partial charge < -0.3 is 16.0 Å². The van der Waals surface area contributed by atoms with Crippen molar-refractivity contribution >= 4 is 11.6 Å². The molecule has 0 radical (unpaired) electrons. The molecule has 8 heteroatoms. The highest BCUT2D eigenvalue weighted by Gasteiger charge is 2.35. The monoisotopic (exact) mass is 291 g/mol. The number of anilines is 2. The largest absolute Gasteiger partial charge is 0.451 e. The van der Waals surface area contributed by atoms with Crippen LogP contribution >= 0.6 is 0 Å². The van der Waals surface area contributed by atoms with Crippen LogP contribution in [0.25, 0.3) is 0 Å². The molecular weight excluding hydrogens is 271 g/mol. The Morgan fingerprint density at radius 1 is 1.25 bits per heavy atom. The first-order valence-electron chi connectivity index (χ1n) is 6.54. The highest BCUT2D eigenvalue weighted by Crippen LogP contribution is 2.27. The van der Waals surface area contributed by atoms with Crippen LogP contribution in [0.5, 0.6) is 0 Å². The molecule has 0 fully saturated rings. The quantitative estimate of drug-likeness (QED) is 0.754. The highest BCUT2D eigenvalue weighted by atomic mass is 19.4. The molecule has 0 atom stereocenters. The zero-order valence-corrected chi connectivity index (χ0v) is 11.7. The Kier molecular flexibility index (Phi) is 6.00. The Bertz CT molecular complexity index is 418. The maximum atomic E-state index is 12.5. The van der Waals surface area contributed by atoms with E-state index < -0.39 is 12.0 Å². The molecule has 0 saturated heterocycles. The topological polar surface area (TPSA) is 67.1 Å². The number of hydrogen-bond donors (Lipinski definition) is 2. The highest BCUT2D eigenvalue weighted by molar-refractivity contribution is 5.44. The maximum absolute atomic E-state index is 12.5. The fraction of sp³-hybridized carbons (Fsp3) is 0.667. The van der Waals surface area contributed by atoms with Crippen LogP contribution in [0.15, 0.2) is 6.07 Å². The molecule has 0 unspecified atom stereocenters. The molecule has 1 rings (SSSR count). The van der Waals surface area contributed by atoms with Crippen molar-refractivity contribution < 1.29 is 13.2 Å². The Labute approximate surface area is 116 Å². The Morgan fingerprint density at radius 2 is 1.90 bits per heavy atom. The van der Waals surface area contributed by atoms with Gasteiger partial charge in [-0.3, -0.25) is 0 Å². The number of nitrogens with zero attached hydrogens (tertiary/aromatic N) is 3. The molecule has 20 heavy (non-hydrogen) atoms. The summed E-state index contributed by atoms with van der Waals surface area (Å²) in [5, 5.41) is 2.84. The summed E-state index contributed by atoms with van der Waals surface area (Å²) in [6.45, 7) is 7.45. The molecule has 0 aliphatic carbocycles. The lowest BCUT2D eigenvalue weighted by Crippen LogP contribution is -2.25. The summed E-state index contributed by atoms with van der Waals surface area (Å²) in [6, 6.07) is 1.30. The second kappa shape index (κ2) is 7.28. The predicted octanol–water partition coefficient (Wildman–Crippen LogP) is 2.22. The van der Waals surface area contributed by atoms with E-state index in [9.17, 15) is 13.2 Å². The number of aromatic nitrogens is 2. The third-order valence-corrected chi connectivity index (χ3v) is 2.85. The van der Waals surface area contributed by atoms with Crippen LogP contribution in [0.3, 0.4) is 0 Å². The predicted molar refractivity (Wildman–Crippen MR) is 72.3 cm³/mol. The zero-order valence-electron chi connectivity index (χ0n) is 11.7. The average molecular weight is 291 g/mol. The molecule has 1 heterocycles. The van der Waals surface area contributed by atoms with Crippen molar-refractivity contribution in [3.63, 3.8) is 0 Å². The van der Waals surface area contributed by atoms with Gasteiger partial charge in [0.1, 0.15) is 11.6 Å². The van der Waals surface area contributed by atoms with E-state index in [0.717, 1.165) is 26.1 Å². The van der Waals surface area contributed by atoms with E-state index in [2.05, 4.69) is 34.0 Å². The van der Waals surface area contributed by atoms with Crippen molar-refractivity contribution in [3.05, 3.63) is 11.9 Å². The van der Waals surface area contributed by atoms with Gasteiger partial charge in [-0.15, -0.1) is 0 Å². The van der Waals surface area contributed by atoms with Crippen LogP contribution in [0.1, 0.15) is 26.1 Å². The molecule has 0 saturated carbocycles. The van der Waals surface area contributed by atoms with E-state index in [1.165, 1.54) is 6.07 Å². The van der Waals surface area contributed by atoms with Crippen molar-refractivity contribution in [2.45, 2.75) is 26.4 Å². The molecule has 114 valence electrons. The SMILES string of the molecule is CCN(CC)CCCNc1cc(N)nc(C(F)(F)F)n1. The van der Waals surface area contributed by atoms with Gasteiger partial charge in [0, 0.05) is 12.6 Å². The minimum Gasteiger partial charge on any atom is -0.384 e. The summed E-state index contributed by atoms with van der Waals surface area (Å²) in [4.78, 5) is 8.84. The van der Waals surface area contributed by atoms with Crippen LogP contribution < -0.4 is 11.1 Å². The minimum atomic E-state index is -4.59. The van der Waals surface area contributed by atoms with Crippen LogP contribution in [0, 0.1) is 0 Å². The number of nitrogens with one attached hydrogen (secondary N) is 1. The minimum absolute atomic E-state index is 0.101. The lowest BCUT2D eigenvalue weighted by Gasteiger charge is -2.18. The van der Waals surface area contributed by atoms with Gasteiger partial charge in [0.05, 0.1) is 0 Å². The zero-order chi connectivity index (χ0) is 15.2. The number of nitrogen functional groups attached to an aromatic ring is 1. The van der Waals surface area contributed by atoms with E-state index in [1.54, 1.807) is 0 Å². The first-order chi connectivity index (χ1) is 9.36. The van der Waals surface area contributed by atoms with Gasteiger partial charge in [-0.25, -0.2) is 9.97 Å². The van der Waals surface area contributed by atoms with Crippen molar-refractivity contribution in [1.29, 1.82) is 0 Å². The van der Waals surface area contributed by atoms with E-state index in [0.29, 0.717) is 6.54 Å². The number of rotatable bonds is 7. The van der Waals surface area contributed by atoms with Crippen molar-refractivity contribution in [2.75, 3.05) is 37.2 Å². The van der Waals surface area contributed by atoms with Crippen LogP contribution in [-0.4, -0.2) is 41.0 Å². The second-order valence-electron chi connectivity index (χ2n) is 4.31. The molecule has 0 aromatic carbocycles. The van der Waals surface area contributed by atoms with Gasteiger partial charge in [0.15, 0.2) is 0 Å². The van der Waals surface area contributed by atoms with E-state index in [4.69, 9.17) is 5.73 Å². The lowest BCUT2D eigenvalue weighted by molar-refractivity contribution is -0.144. The van der Waals surface area contributed by atoms with E-state index >= 15 is 0 Å². The molecular formula is C12H20F3N5. The molecule has 3 N–H and O–H groups in total. The molecule has 0 aliphatic heterocycles. The molecule has 0 aliphatic rings. The summed E-state index contributed by atoms with van der Waals surface area (Å²) < 4.78 is 37.6. The first-order valence-corrected chi connectivity index (χ1v) is 6.54. The third-order valence-electron chi connectivity index (χ3n) is 2.85. The summed E-state index contributed by atoms with van der Waals surface area (Å²) in [5.41, 5.74) is 5.35. The smallest absolute Gasteiger partial charge is 0.384 e. The van der Waals surface area contributed by atoms with Gasteiger partial charge in [-0.05, 0) is 26.1 Å². The summed E-state index contributed by atoms with van der Waals surface area (Å²) >= 11 is 0. The summed E-state index contributed by atoms with van der Waals surface area (Å²) in [5.74, 6) is -1.31. The number of nitrogens with two attached hydrogens (primary N) is 1. The Hall–Kier alpha value is -1.57. The molecule has 0 spiro atoms. The number of hydrogen-bond acceptors (Lipinski definition) is 5. The fourth-order valence-corrected chi connectivity index (χ4v) is 1.74. The van der Waals surface area contributed by atoms with E-state index in [1.807, 2.05) is 0 Å². The molecule has 1 aromatic heterocycles. The number of halogens is 3. The van der Waals surface area contributed by atoms with Gasteiger partial charge in [-0.2, -0.15) is 13.2 Å². The Balaban J connectivity index is 2.54. The van der Waals surface area contributed by atoms with Gasteiger partial charge in [-0.1, -0.05) is 13.8 Å². The van der Waals surface area contributed by atoms with Crippen LogP contribution in [0.4, 0.5) is 24.8 Å². The van der Waals surface area contributed by atoms with Crippen molar-refractivity contribution in [3.8, 4) is 0 Å². The van der Waals surface area contributed by atoms with Crippen LogP contribution in [0.2, 0.25) is 0 Å². The van der Waals surface area contributed by atoms with Gasteiger partial charge in [0.25, 0.3) is 0 Å². The summed E-state index contributed by atoms with van der Waals surface area (Å²) in [7, 11) is 0. The molecule has 0 bridgehead atoms. The molecule has 5 nitrogen and oxygen atoms in total. The first kappa shape index (κ1) is 16.5. The second-order valence-corrected chi connectivity index (χ2v) is 4.31. The normalized spacial score (nSPS) is 11.9. The van der Waals surface area contributed by atoms with Gasteiger partial charge in [0.2, 0.25) is 5.82 Å². The summed E-state index contributed by atoms with van der Waals surface area (Å²) in [6.07, 6.45) is -3.78. The van der Waals surface area contributed by atoms with Crippen molar-refractivity contribution in [2.24, 2.45) is 0 Å². The van der Waals surface area contributed by atoms with Crippen LogP contribution in [-0.2, 0) is 6.18 Å². The third kappa shape index (κ3) is 5.20. The number of alkyl halides is 3. The standard InChI is InChI=1S/C12H20F3N5/c1-3-20(4-2)7-5-6-17-10-8-9(16)18-11(19-10)12(13,14)15/h8H,3-7H2,1-2H3,(H3,16,17,18,19). The Morgan fingerprint density at radius 3 is 2.45 bits per heavy atom. The lowest BCUT2D eigenvalue weighted by atomic mass is 10.3.